The molecule has 1 atom stereocenters. The summed E-state index contributed by atoms with van der Waals surface area (Å²) in [4.78, 5) is 16.4. The molecule has 1 N–H and O–H groups in total. The molecular formula is C16H26N2O3. The number of aliphatic hydroxyl groups is 1. The second-order valence-corrected chi connectivity index (χ2v) is 6.91. The predicted molar refractivity (Wildman–Crippen MR) is 81.3 cm³/mol. The van der Waals surface area contributed by atoms with Gasteiger partial charge in [0.1, 0.15) is 0 Å². The number of hydrogen-bond acceptors (Lipinski definition) is 4. The van der Waals surface area contributed by atoms with Crippen LogP contribution in [0, 0.1) is 12.3 Å². The van der Waals surface area contributed by atoms with Crippen LogP contribution in [0.15, 0.2) is 16.7 Å². The third-order valence-corrected chi connectivity index (χ3v) is 4.15. The summed E-state index contributed by atoms with van der Waals surface area (Å²) in [6.45, 7) is 11.6. The molecule has 1 aromatic heterocycles. The Morgan fingerprint density at radius 1 is 1.33 bits per heavy atom. The summed E-state index contributed by atoms with van der Waals surface area (Å²) in [6, 6.07) is 1.81. The number of carbonyl (C=O) groups is 1. The van der Waals surface area contributed by atoms with E-state index in [4.69, 9.17) is 4.42 Å². The molecule has 5 heteroatoms. The van der Waals surface area contributed by atoms with Crippen molar-refractivity contribution in [2.24, 2.45) is 5.41 Å². The third-order valence-electron chi connectivity index (χ3n) is 4.15. The van der Waals surface area contributed by atoms with E-state index in [2.05, 4.69) is 4.90 Å². The highest BCUT2D eigenvalue weighted by Gasteiger charge is 2.28. The molecule has 2 rings (SSSR count). The van der Waals surface area contributed by atoms with Crippen LogP contribution in [0.4, 0.5) is 0 Å². The molecule has 1 aromatic rings. The maximum atomic E-state index is 12.3. The highest BCUT2D eigenvalue weighted by Crippen LogP contribution is 2.21. The predicted octanol–water partition coefficient (Wildman–Crippen LogP) is 1.75. The van der Waals surface area contributed by atoms with Gasteiger partial charge in [-0.1, -0.05) is 20.8 Å². The van der Waals surface area contributed by atoms with Gasteiger partial charge in [0, 0.05) is 38.3 Å². The fraction of sp³-hybridized carbons (Fsp3) is 0.688. The lowest BCUT2D eigenvalue weighted by molar-refractivity contribution is 0.0131. The Bertz CT molecular complexity index is 482. The zero-order valence-corrected chi connectivity index (χ0v) is 13.4. The van der Waals surface area contributed by atoms with Crippen LogP contribution in [0.25, 0.3) is 0 Å². The van der Waals surface area contributed by atoms with Crippen LogP contribution >= 0.6 is 0 Å². The van der Waals surface area contributed by atoms with Gasteiger partial charge in [-0.2, -0.15) is 0 Å². The summed E-state index contributed by atoms with van der Waals surface area (Å²) in [7, 11) is 0. The van der Waals surface area contributed by atoms with Crippen LogP contribution in [-0.4, -0.2) is 59.6 Å². The SMILES string of the molecule is Cc1ccoc1C(=O)N1CCN(C[C@@H](O)C(C)(C)C)CC1. The summed E-state index contributed by atoms with van der Waals surface area (Å²) < 4.78 is 5.27. The van der Waals surface area contributed by atoms with E-state index in [-0.39, 0.29) is 17.4 Å². The second-order valence-electron chi connectivity index (χ2n) is 6.91. The van der Waals surface area contributed by atoms with E-state index in [1.165, 1.54) is 0 Å². The fourth-order valence-electron chi connectivity index (χ4n) is 2.39. The lowest BCUT2D eigenvalue weighted by Crippen LogP contribution is -2.51. The Morgan fingerprint density at radius 3 is 2.43 bits per heavy atom. The van der Waals surface area contributed by atoms with Crippen molar-refractivity contribution in [1.82, 2.24) is 9.80 Å². The van der Waals surface area contributed by atoms with Crippen molar-refractivity contribution in [2.45, 2.75) is 33.8 Å². The zero-order valence-electron chi connectivity index (χ0n) is 13.4. The number of aryl methyl sites for hydroxylation is 1. The van der Waals surface area contributed by atoms with Crippen molar-refractivity contribution < 1.29 is 14.3 Å². The first-order valence-corrected chi connectivity index (χ1v) is 7.53. The molecule has 1 fully saturated rings. The van der Waals surface area contributed by atoms with Gasteiger partial charge in [0.15, 0.2) is 5.76 Å². The van der Waals surface area contributed by atoms with Crippen molar-refractivity contribution in [1.29, 1.82) is 0 Å². The number of β-amino-alcohol motifs (C(OH)–C–C–N with tert-alkyl or cyclic N) is 1. The van der Waals surface area contributed by atoms with Gasteiger partial charge in [-0.15, -0.1) is 0 Å². The normalized spacial score (nSPS) is 18.8. The standard InChI is InChI=1S/C16H26N2O3/c1-12-5-10-21-14(12)15(20)18-8-6-17(7-9-18)11-13(19)16(2,3)4/h5,10,13,19H,6-9,11H2,1-4H3/t13-/m1/s1. The van der Waals surface area contributed by atoms with Crippen LogP contribution in [-0.2, 0) is 0 Å². The number of rotatable bonds is 3. The van der Waals surface area contributed by atoms with E-state index < -0.39 is 0 Å². The minimum absolute atomic E-state index is 0.0338. The van der Waals surface area contributed by atoms with Crippen LogP contribution in [0.3, 0.4) is 0 Å². The molecule has 1 aliphatic rings. The lowest BCUT2D eigenvalue weighted by atomic mass is 9.89. The smallest absolute Gasteiger partial charge is 0.289 e. The average Bonchev–Trinajstić information content (AvgIpc) is 2.84. The molecule has 5 nitrogen and oxygen atoms in total. The van der Waals surface area contributed by atoms with E-state index in [1.807, 2.05) is 38.7 Å². The van der Waals surface area contributed by atoms with E-state index in [9.17, 15) is 9.90 Å². The van der Waals surface area contributed by atoms with Gasteiger partial charge < -0.3 is 14.4 Å². The first-order chi connectivity index (χ1) is 9.79. The molecule has 1 aliphatic heterocycles. The lowest BCUT2D eigenvalue weighted by Gasteiger charge is -2.37. The molecule has 0 aromatic carbocycles. The van der Waals surface area contributed by atoms with Crippen LogP contribution in [0.2, 0.25) is 0 Å². The van der Waals surface area contributed by atoms with E-state index in [0.717, 1.165) is 18.7 Å². The van der Waals surface area contributed by atoms with Gasteiger partial charge in [0.2, 0.25) is 0 Å². The van der Waals surface area contributed by atoms with E-state index in [0.29, 0.717) is 25.4 Å². The summed E-state index contributed by atoms with van der Waals surface area (Å²) in [6.07, 6.45) is 1.20. The first kappa shape index (κ1) is 16.0. The molecule has 0 unspecified atom stereocenters. The minimum atomic E-state index is -0.355. The molecule has 0 aliphatic carbocycles. The third kappa shape index (κ3) is 3.86. The summed E-state index contributed by atoms with van der Waals surface area (Å²) >= 11 is 0. The van der Waals surface area contributed by atoms with Crippen molar-refractivity contribution in [2.75, 3.05) is 32.7 Å². The van der Waals surface area contributed by atoms with Crippen LogP contribution in [0.5, 0.6) is 0 Å². The van der Waals surface area contributed by atoms with Crippen molar-refractivity contribution in [3.05, 3.63) is 23.7 Å². The van der Waals surface area contributed by atoms with Crippen molar-refractivity contribution >= 4 is 5.91 Å². The summed E-state index contributed by atoms with van der Waals surface area (Å²) in [5.41, 5.74) is 0.767. The molecule has 118 valence electrons. The van der Waals surface area contributed by atoms with Gasteiger partial charge >= 0.3 is 0 Å². The highest BCUT2D eigenvalue weighted by molar-refractivity contribution is 5.92. The zero-order chi connectivity index (χ0) is 15.6. The topological polar surface area (TPSA) is 56.9 Å². The molecule has 0 bridgehead atoms. The van der Waals surface area contributed by atoms with Crippen molar-refractivity contribution in [3.63, 3.8) is 0 Å². The highest BCUT2D eigenvalue weighted by atomic mass is 16.3. The fourth-order valence-corrected chi connectivity index (χ4v) is 2.39. The summed E-state index contributed by atoms with van der Waals surface area (Å²) in [5.74, 6) is 0.409. The number of hydrogen-bond donors (Lipinski definition) is 1. The maximum Gasteiger partial charge on any atom is 0.289 e. The summed E-state index contributed by atoms with van der Waals surface area (Å²) in [5, 5.41) is 10.2. The largest absolute Gasteiger partial charge is 0.459 e. The monoisotopic (exact) mass is 294 g/mol. The second kappa shape index (κ2) is 6.20. The Balaban J connectivity index is 1.86. The number of amides is 1. The van der Waals surface area contributed by atoms with Gasteiger partial charge in [-0.05, 0) is 18.4 Å². The molecule has 0 spiro atoms. The molecular weight excluding hydrogens is 268 g/mol. The Kier molecular flexibility index (Phi) is 4.74. The van der Waals surface area contributed by atoms with Crippen molar-refractivity contribution in [3.8, 4) is 0 Å². The molecule has 1 amide bonds. The van der Waals surface area contributed by atoms with Crippen LogP contribution < -0.4 is 0 Å². The molecule has 21 heavy (non-hydrogen) atoms. The maximum absolute atomic E-state index is 12.3. The molecule has 1 saturated heterocycles. The number of nitrogens with zero attached hydrogens (tertiary/aromatic N) is 2. The van der Waals surface area contributed by atoms with E-state index >= 15 is 0 Å². The van der Waals surface area contributed by atoms with Gasteiger partial charge in [-0.3, -0.25) is 9.69 Å². The Labute approximate surface area is 126 Å². The Hall–Kier alpha value is -1.33. The average molecular weight is 294 g/mol. The molecule has 0 saturated carbocycles. The molecule has 0 radical (unpaired) electrons. The van der Waals surface area contributed by atoms with Gasteiger partial charge in [-0.25, -0.2) is 0 Å². The van der Waals surface area contributed by atoms with Crippen LogP contribution in [0.1, 0.15) is 36.9 Å². The first-order valence-electron chi connectivity index (χ1n) is 7.53. The van der Waals surface area contributed by atoms with Gasteiger partial charge in [0.05, 0.1) is 12.4 Å². The molecule has 2 heterocycles. The quantitative estimate of drug-likeness (QED) is 0.923. The number of furan rings is 1. The number of piperazine rings is 1. The van der Waals surface area contributed by atoms with Gasteiger partial charge in [0.25, 0.3) is 5.91 Å². The minimum Gasteiger partial charge on any atom is -0.459 e. The van der Waals surface area contributed by atoms with E-state index in [1.54, 1.807) is 6.26 Å². The number of aliphatic hydroxyl groups excluding tert-OH is 1. The Morgan fingerprint density at radius 2 is 1.95 bits per heavy atom. The number of carbonyl (C=O) groups excluding carboxylic acids is 1.